The van der Waals surface area contributed by atoms with Crippen LogP contribution < -0.4 is 5.32 Å². The highest BCUT2D eigenvalue weighted by atomic mass is 32.1. The SMILES string of the molecule is CC(C)(C)[C@@H]1CCc2c(sc(N=Cc3ccc(-c4ccc(F)c([N+](=O)[O-])c4)o3)c2C(=O)Nc2ccccc2)C1. The number of nitrogens with one attached hydrogen (secondary N) is 1. The lowest BCUT2D eigenvalue weighted by Crippen LogP contribution is -2.27. The molecule has 1 atom stereocenters. The van der Waals surface area contributed by atoms with Crippen molar-refractivity contribution < 1.29 is 18.5 Å². The highest BCUT2D eigenvalue weighted by molar-refractivity contribution is 7.16. The third-order valence-corrected chi connectivity index (χ3v) is 8.26. The number of nitro benzene ring substituents is 1. The molecule has 200 valence electrons. The Morgan fingerprint density at radius 2 is 1.95 bits per heavy atom. The zero-order valence-corrected chi connectivity index (χ0v) is 22.7. The lowest BCUT2D eigenvalue weighted by atomic mass is 9.72. The van der Waals surface area contributed by atoms with Crippen LogP contribution >= 0.6 is 11.3 Å². The van der Waals surface area contributed by atoms with Crippen LogP contribution in [0.2, 0.25) is 0 Å². The first-order chi connectivity index (χ1) is 18.6. The van der Waals surface area contributed by atoms with Gasteiger partial charge in [-0.25, -0.2) is 4.99 Å². The molecule has 0 fully saturated rings. The van der Waals surface area contributed by atoms with E-state index in [-0.39, 0.29) is 11.3 Å². The van der Waals surface area contributed by atoms with E-state index in [1.807, 2.05) is 30.3 Å². The Hall–Kier alpha value is -4.11. The summed E-state index contributed by atoms with van der Waals surface area (Å²) in [5.41, 5.74) is 2.28. The van der Waals surface area contributed by atoms with E-state index >= 15 is 0 Å². The second-order valence-corrected chi connectivity index (χ2v) is 11.8. The summed E-state index contributed by atoms with van der Waals surface area (Å²) >= 11 is 1.53. The number of carbonyl (C=O) groups is 1. The van der Waals surface area contributed by atoms with Crippen molar-refractivity contribution in [3.63, 3.8) is 0 Å². The van der Waals surface area contributed by atoms with Crippen molar-refractivity contribution in [2.75, 3.05) is 5.32 Å². The van der Waals surface area contributed by atoms with Crippen molar-refractivity contribution in [2.24, 2.45) is 16.3 Å². The molecule has 0 aliphatic heterocycles. The van der Waals surface area contributed by atoms with Gasteiger partial charge >= 0.3 is 5.69 Å². The molecule has 9 heteroatoms. The molecular formula is C30H28FN3O4S. The molecule has 1 amide bonds. The lowest BCUT2D eigenvalue weighted by molar-refractivity contribution is -0.387. The first-order valence-corrected chi connectivity index (χ1v) is 13.5. The molecule has 1 aliphatic rings. The zero-order valence-electron chi connectivity index (χ0n) is 21.9. The minimum Gasteiger partial charge on any atom is -0.455 e. The molecule has 0 radical (unpaired) electrons. The van der Waals surface area contributed by atoms with Gasteiger partial charge in [-0.2, -0.15) is 4.39 Å². The topological polar surface area (TPSA) is 97.7 Å². The Kier molecular flexibility index (Phi) is 7.18. The molecule has 0 bridgehead atoms. The van der Waals surface area contributed by atoms with Crippen molar-refractivity contribution in [1.29, 1.82) is 0 Å². The zero-order chi connectivity index (χ0) is 27.7. The number of fused-ring (bicyclic) bond motifs is 1. The fourth-order valence-corrected chi connectivity index (χ4v) is 6.12. The van der Waals surface area contributed by atoms with Crippen LogP contribution in [0.3, 0.4) is 0 Å². The summed E-state index contributed by atoms with van der Waals surface area (Å²) in [6.07, 6.45) is 4.26. The molecule has 2 heterocycles. The van der Waals surface area contributed by atoms with Crippen LogP contribution in [-0.2, 0) is 12.8 Å². The molecule has 0 saturated carbocycles. The number of benzene rings is 2. The van der Waals surface area contributed by atoms with E-state index in [0.29, 0.717) is 39.3 Å². The molecule has 39 heavy (non-hydrogen) atoms. The van der Waals surface area contributed by atoms with E-state index in [0.717, 1.165) is 37.0 Å². The number of para-hydroxylation sites is 1. The summed E-state index contributed by atoms with van der Waals surface area (Å²) in [5.74, 6) is 0.163. The first-order valence-electron chi connectivity index (χ1n) is 12.7. The van der Waals surface area contributed by atoms with Gasteiger partial charge in [0.2, 0.25) is 5.82 Å². The highest BCUT2D eigenvalue weighted by Gasteiger charge is 2.33. The van der Waals surface area contributed by atoms with Crippen molar-refractivity contribution >= 4 is 39.8 Å². The number of hydrogen-bond acceptors (Lipinski definition) is 6. The highest BCUT2D eigenvalue weighted by Crippen LogP contribution is 2.45. The third kappa shape index (κ3) is 5.68. The Labute approximate surface area is 229 Å². The average molecular weight is 546 g/mol. The van der Waals surface area contributed by atoms with Gasteiger partial charge in [-0.05, 0) is 72.6 Å². The van der Waals surface area contributed by atoms with Gasteiger partial charge in [-0.1, -0.05) is 39.0 Å². The molecule has 2 aromatic carbocycles. The number of amides is 1. The van der Waals surface area contributed by atoms with Crippen LogP contribution in [0.4, 0.5) is 20.8 Å². The van der Waals surface area contributed by atoms with Gasteiger partial charge in [0.15, 0.2) is 0 Å². The number of anilines is 1. The van der Waals surface area contributed by atoms with Crippen molar-refractivity contribution in [1.82, 2.24) is 0 Å². The monoisotopic (exact) mass is 545 g/mol. The van der Waals surface area contributed by atoms with E-state index in [9.17, 15) is 19.3 Å². The lowest BCUT2D eigenvalue weighted by Gasteiger charge is -2.33. The minimum absolute atomic E-state index is 0.164. The second kappa shape index (κ2) is 10.6. The van der Waals surface area contributed by atoms with E-state index in [1.54, 1.807) is 18.3 Å². The molecule has 0 unspecified atom stereocenters. The third-order valence-electron chi connectivity index (χ3n) is 7.09. The van der Waals surface area contributed by atoms with Gasteiger partial charge in [-0.15, -0.1) is 11.3 Å². The molecule has 7 nitrogen and oxygen atoms in total. The van der Waals surface area contributed by atoms with Gasteiger partial charge in [0.1, 0.15) is 16.5 Å². The standard InChI is InChI=1S/C30H28FN3O4S/c1-30(2,3)19-10-12-22-26(16-19)39-29(27(22)28(35)33-20-7-5-4-6-8-20)32-17-21-11-14-25(38-21)18-9-13-23(31)24(15-18)34(36)37/h4-9,11,13-15,17,19H,10,12,16H2,1-3H3,(H,33,35)/t19-/m1/s1. The Morgan fingerprint density at radius 1 is 1.18 bits per heavy atom. The van der Waals surface area contributed by atoms with Gasteiger partial charge in [0.05, 0.1) is 16.7 Å². The summed E-state index contributed by atoms with van der Waals surface area (Å²) in [6, 6.07) is 16.3. The van der Waals surface area contributed by atoms with Crippen LogP contribution in [0.1, 0.15) is 53.8 Å². The number of rotatable bonds is 6. The number of halogens is 1. The smallest absolute Gasteiger partial charge is 0.305 e. The minimum atomic E-state index is -0.909. The van der Waals surface area contributed by atoms with Crippen LogP contribution in [0.5, 0.6) is 0 Å². The molecule has 0 saturated heterocycles. The maximum Gasteiger partial charge on any atom is 0.305 e. The van der Waals surface area contributed by atoms with E-state index < -0.39 is 16.4 Å². The predicted octanol–water partition coefficient (Wildman–Crippen LogP) is 8.21. The summed E-state index contributed by atoms with van der Waals surface area (Å²) in [7, 11) is 0. The average Bonchev–Trinajstić information content (AvgIpc) is 3.52. The number of nitro groups is 1. The summed E-state index contributed by atoms with van der Waals surface area (Å²) in [4.78, 5) is 29.7. The molecule has 1 N–H and O–H groups in total. The maximum atomic E-state index is 13.8. The molecular weight excluding hydrogens is 517 g/mol. The van der Waals surface area contributed by atoms with Gasteiger partial charge < -0.3 is 9.73 Å². The molecule has 5 rings (SSSR count). The molecule has 0 spiro atoms. The summed E-state index contributed by atoms with van der Waals surface area (Å²) in [6.45, 7) is 6.76. The van der Waals surface area contributed by atoms with Crippen molar-refractivity contribution in [3.8, 4) is 11.3 Å². The second-order valence-electron chi connectivity index (χ2n) is 10.7. The normalized spacial score (nSPS) is 15.3. The van der Waals surface area contributed by atoms with Gasteiger partial charge in [0.25, 0.3) is 5.91 Å². The summed E-state index contributed by atoms with van der Waals surface area (Å²) < 4.78 is 19.6. The van der Waals surface area contributed by atoms with Crippen LogP contribution in [0.15, 0.2) is 70.1 Å². The van der Waals surface area contributed by atoms with Crippen LogP contribution in [-0.4, -0.2) is 17.0 Å². The fraction of sp³-hybridized carbons (Fsp3) is 0.267. The Balaban J connectivity index is 1.46. The predicted molar refractivity (Wildman–Crippen MR) is 152 cm³/mol. The quantitative estimate of drug-likeness (QED) is 0.150. The number of furan rings is 1. The largest absolute Gasteiger partial charge is 0.455 e. The number of hydrogen-bond donors (Lipinski definition) is 1. The Morgan fingerprint density at radius 3 is 2.67 bits per heavy atom. The van der Waals surface area contributed by atoms with Crippen LogP contribution in [0, 0.1) is 27.3 Å². The van der Waals surface area contributed by atoms with E-state index in [4.69, 9.17) is 4.42 Å². The van der Waals surface area contributed by atoms with Gasteiger partial charge in [-0.3, -0.25) is 14.9 Å². The van der Waals surface area contributed by atoms with Crippen LogP contribution in [0.25, 0.3) is 11.3 Å². The number of nitrogens with zero attached hydrogens (tertiary/aromatic N) is 2. The molecule has 4 aromatic rings. The maximum absolute atomic E-state index is 13.8. The number of thiophene rings is 1. The number of aliphatic imine (C=N–C) groups is 1. The van der Waals surface area contributed by atoms with E-state index in [1.165, 1.54) is 22.3 Å². The number of carbonyl (C=O) groups excluding carboxylic acids is 1. The van der Waals surface area contributed by atoms with E-state index in [2.05, 4.69) is 31.1 Å². The first kappa shape index (κ1) is 26.5. The fourth-order valence-electron chi connectivity index (χ4n) is 4.86. The molecule has 1 aliphatic carbocycles. The molecule has 2 aromatic heterocycles. The van der Waals surface area contributed by atoms with Crippen molar-refractivity contribution in [2.45, 2.75) is 40.0 Å². The Bertz CT molecular complexity index is 1570. The summed E-state index contributed by atoms with van der Waals surface area (Å²) in [5, 5.41) is 14.7. The van der Waals surface area contributed by atoms with Gasteiger partial charge in [0, 0.05) is 22.2 Å². The van der Waals surface area contributed by atoms with Crippen molar-refractivity contribution in [3.05, 3.63) is 98.4 Å².